The lowest BCUT2D eigenvalue weighted by Crippen LogP contribution is -2.23. The largest absolute Gasteiger partial charge is 0.488 e. The molecule has 0 aliphatic carbocycles. The molecule has 0 aromatic heterocycles. The van der Waals surface area contributed by atoms with E-state index in [4.69, 9.17) is 21.1 Å². The molecule has 1 heterocycles. The van der Waals surface area contributed by atoms with Crippen molar-refractivity contribution in [3.63, 3.8) is 0 Å². The zero-order chi connectivity index (χ0) is 24.9. The Hall–Kier alpha value is -3.07. The molecule has 1 fully saturated rings. The summed E-state index contributed by atoms with van der Waals surface area (Å²) in [6.45, 7) is 0.365. The zero-order valence-corrected chi connectivity index (χ0v) is 22.0. The maximum atomic E-state index is 12.9. The number of hydrogen-bond donors (Lipinski definition) is 0. The average molecular weight is 572 g/mol. The van der Waals surface area contributed by atoms with Crippen molar-refractivity contribution in [3.05, 3.63) is 97.8 Å². The van der Waals surface area contributed by atoms with Crippen molar-refractivity contribution >= 4 is 68.1 Å². The van der Waals surface area contributed by atoms with E-state index < -0.39 is 5.97 Å². The molecule has 6 nitrogen and oxygen atoms in total. The third-order valence-electron chi connectivity index (χ3n) is 5.08. The molecule has 1 aliphatic rings. The number of nitrogens with zero attached hydrogens (tertiary/aromatic N) is 2. The fourth-order valence-corrected chi connectivity index (χ4v) is 4.68. The number of ether oxygens (including phenoxy) is 2. The van der Waals surface area contributed by atoms with Gasteiger partial charge in [-0.1, -0.05) is 39.7 Å². The van der Waals surface area contributed by atoms with Gasteiger partial charge >= 0.3 is 5.97 Å². The van der Waals surface area contributed by atoms with E-state index in [-0.39, 0.29) is 5.91 Å². The molecular formula is C26H20BrClN2O4S. The van der Waals surface area contributed by atoms with Gasteiger partial charge in [-0.25, -0.2) is 9.79 Å². The number of esters is 1. The third kappa shape index (κ3) is 6.14. The number of aliphatic imine (C=N–C) groups is 1. The van der Waals surface area contributed by atoms with E-state index in [1.54, 1.807) is 37.4 Å². The highest BCUT2D eigenvalue weighted by atomic mass is 79.9. The van der Waals surface area contributed by atoms with Crippen LogP contribution in [0.2, 0.25) is 5.02 Å². The molecule has 1 saturated heterocycles. The predicted octanol–water partition coefficient (Wildman–Crippen LogP) is 6.70. The molecule has 3 aromatic carbocycles. The number of rotatable bonds is 6. The van der Waals surface area contributed by atoms with Crippen molar-refractivity contribution in [1.29, 1.82) is 0 Å². The Balaban J connectivity index is 1.56. The SMILES string of the molecule is COC(=O)c1ccc(N=C2S/C(=C\c3cc(Br)ccc3OCc3ccc(Cl)cc3)C(=O)N2C)cc1. The fraction of sp³-hybridized carbons (Fsp3) is 0.115. The summed E-state index contributed by atoms with van der Waals surface area (Å²) in [6, 6.07) is 19.8. The van der Waals surface area contributed by atoms with Gasteiger partial charge in [0.05, 0.1) is 23.3 Å². The number of benzene rings is 3. The summed E-state index contributed by atoms with van der Waals surface area (Å²) in [5.74, 6) is 0.0686. The second-order valence-corrected chi connectivity index (χ2v) is 9.87. The number of hydrogen-bond acceptors (Lipinski definition) is 6. The van der Waals surface area contributed by atoms with Gasteiger partial charge in [-0.15, -0.1) is 0 Å². The van der Waals surface area contributed by atoms with Crippen LogP contribution < -0.4 is 4.74 Å². The molecular weight excluding hydrogens is 552 g/mol. The number of carbonyl (C=O) groups is 2. The molecule has 0 radical (unpaired) electrons. The van der Waals surface area contributed by atoms with Crippen LogP contribution in [0, 0.1) is 0 Å². The third-order valence-corrected chi connectivity index (χ3v) is 6.89. The number of amides is 1. The minimum Gasteiger partial charge on any atom is -0.488 e. The van der Waals surface area contributed by atoms with Crippen molar-refractivity contribution in [3.8, 4) is 5.75 Å². The highest BCUT2D eigenvalue weighted by Gasteiger charge is 2.30. The van der Waals surface area contributed by atoms with Crippen LogP contribution in [0.3, 0.4) is 0 Å². The van der Waals surface area contributed by atoms with Crippen LogP contribution in [0.5, 0.6) is 5.75 Å². The van der Waals surface area contributed by atoms with Crippen LogP contribution in [-0.4, -0.2) is 36.1 Å². The van der Waals surface area contributed by atoms with Gasteiger partial charge < -0.3 is 9.47 Å². The molecule has 1 amide bonds. The Bertz CT molecular complexity index is 1320. The average Bonchev–Trinajstić information content (AvgIpc) is 3.12. The molecule has 0 bridgehead atoms. The van der Waals surface area contributed by atoms with E-state index in [2.05, 4.69) is 20.9 Å². The predicted molar refractivity (Wildman–Crippen MR) is 143 cm³/mol. The highest BCUT2D eigenvalue weighted by Crippen LogP contribution is 2.35. The van der Waals surface area contributed by atoms with E-state index in [1.807, 2.05) is 42.5 Å². The Morgan fingerprint density at radius 1 is 1.11 bits per heavy atom. The maximum Gasteiger partial charge on any atom is 0.337 e. The van der Waals surface area contributed by atoms with E-state index in [1.165, 1.54) is 23.8 Å². The topological polar surface area (TPSA) is 68.2 Å². The lowest BCUT2D eigenvalue weighted by molar-refractivity contribution is -0.121. The Morgan fingerprint density at radius 2 is 1.83 bits per heavy atom. The summed E-state index contributed by atoms with van der Waals surface area (Å²) in [5, 5.41) is 1.20. The normalized spacial score (nSPS) is 15.7. The summed E-state index contributed by atoms with van der Waals surface area (Å²) >= 11 is 10.7. The van der Waals surface area contributed by atoms with Crippen LogP contribution in [0.4, 0.5) is 5.69 Å². The van der Waals surface area contributed by atoms with Crippen molar-refractivity contribution < 1.29 is 19.1 Å². The molecule has 178 valence electrons. The highest BCUT2D eigenvalue weighted by molar-refractivity contribution is 9.10. The second kappa shape index (κ2) is 11.1. The molecule has 4 rings (SSSR count). The summed E-state index contributed by atoms with van der Waals surface area (Å²) < 4.78 is 11.6. The van der Waals surface area contributed by atoms with Crippen molar-refractivity contribution in [2.75, 3.05) is 14.2 Å². The number of halogens is 2. The summed E-state index contributed by atoms with van der Waals surface area (Å²) in [4.78, 5) is 31.1. The summed E-state index contributed by atoms with van der Waals surface area (Å²) in [7, 11) is 3.01. The van der Waals surface area contributed by atoms with Crippen molar-refractivity contribution in [2.24, 2.45) is 4.99 Å². The second-order valence-electron chi connectivity index (χ2n) is 7.50. The van der Waals surface area contributed by atoms with Crippen molar-refractivity contribution in [1.82, 2.24) is 4.90 Å². The molecule has 0 spiro atoms. The molecule has 0 unspecified atom stereocenters. The molecule has 0 atom stereocenters. The van der Waals surface area contributed by atoms with Crippen LogP contribution in [0.1, 0.15) is 21.5 Å². The first-order valence-corrected chi connectivity index (χ1v) is 12.4. The number of amidine groups is 1. The van der Waals surface area contributed by atoms with E-state index in [0.717, 1.165) is 15.6 Å². The van der Waals surface area contributed by atoms with E-state index in [0.29, 0.717) is 38.7 Å². The van der Waals surface area contributed by atoms with Crippen LogP contribution in [-0.2, 0) is 16.1 Å². The molecule has 1 aliphatic heterocycles. The minimum absolute atomic E-state index is 0.163. The van der Waals surface area contributed by atoms with Crippen LogP contribution in [0.25, 0.3) is 6.08 Å². The Labute approximate surface area is 220 Å². The number of carbonyl (C=O) groups excluding carboxylic acids is 2. The molecule has 0 N–H and O–H groups in total. The number of likely N-dealkylation sites (N-methyl/N-ethyl adjacent to an activating group) is 1. The Morgan fingerprint density at radius 3 is 2.51 bits per heavy atom. The number of methoxy groups -OCH3 is 1. The van der Waals surface area contributed by atoms with E-state index in [9.17, 15) is 9.59 Å². The summed E-state index contributed by atoms with van der Waals surface area (Å²) in [5.41, 5.74) is 2.80. The number of thioether (sulfide) groups is 1. The first kappa shape index (κ1) is 25.0. The Kier molecular flexibility index (Phi) is 7.95. The van der Waals surface area contributed by atoms with Crippen molar-refractivity contribution in [2.45, 2.75) is 6.61 Å². The van der Waals surface area contributed by atoms with Gasteiger partial charge in [0.2, 0.25) is 0 Å². The lowest BCUT2D eigenvalue weighted by Gasteiger charge is -2.10. The molecule has 9 heteroatoms. The van der Waals surface area contributed by atoms with Crippen LogP contribution >= 0.6 is 39.3 Å². The lowest BCUT2D eigenvalue weighted by atomic mass is 10.1. The van der Waals surface area contributed by atoms with E-state index >= 15 is 0 Å². The van der Waals surface area contributed by atoms with Crippen LogP contribution in [0.15, 0.2) is 81.1 Å². The van der Waals surface area contributed by atoms with Gasteiger partial charge in [0.15, 0.2) is 5.17 Å². The van der Waals surface area contributed by atoms with Gasteiger partial charge in [0.25, 0.3) is 5.91 Å². The first-order chi connectivity index (χ1) is 16.8. The van der Waals surface area contributed by atoms with Gasteiger partial charge in [0, 0.05) is 22.1 Å². The van der Waals surface area contributed by atoms with Gasteiger partial charge in [0.1, 0.15) is 12.4 Å². The first-order valence-electron chi connectivity index (χ1n) is 10.5. The maximum absolute atomic E-state index is 12.9. The fourth-order valence-electron chi connectivity index (χ4n) is 3.20. The quantitative estimate of drug-likeness (QED) is 0.243. The zero-order valence-electron chi connectivity index (χ0n) is 18.8. The molecule has 35 heavy (non-hydrogen) atoms. The van der Waals surface area contributed by atoms with Gasteiger partial charge in [-0.2, -0.15) is 0 Å². The smallest absolute Gasteiger partial charge is 0.337 e. The minimum atomic E-state index is -0.417. The standard InChI is InChI=1S/C26H20BrClN2O4S/c1-30-24(31)23(35-26(30)29-21-10-5-17(6-11-21)25(32)33-2)14-18-13-19(27)7-12-22(18)34-15-16-3-8-20(28)9-4-16/h3-14H,15H2,1-2H3/b23-14-,29-26?. The van der Waals surface area contributed by atoms with Gasteiger partial charge in [-0.3, -0.25) is 9.69 Å². The monoisotopic (exact) mass is 570 g/mol. The summed E-state index contributed by atoms with van der Waals surface area (Å²) in [6.07, 6.45) is 1.80. The molecule has 3 aromatic rings. The molecule has 0 saturated carbocycles. The van der Waals surface area contributed by atoms with Gasteiger partial charge in [-0.05, 0) is 78.0 Å².